The Balaban J connectivity index is 1.87. The number of anilines is 1. The lowest BCUT2D eigenvalue weighted by Gasteiger charge is -2.19. The fourth-order valence-corrected chi connectivity index (χ4v) is 2.53. The quantitative estimate of drug-likeness (QED) is 0.814. The summed E-state index contributed by atoms with van der Waals surface area (Å²) in [6, 6.07) is 6.14. The van der Waals surface area contributed by atoms with Crippen molar-refractivity contribution in [1.29, 1.82) is 0 Å². The van der Waals surface area contributed by atoms with Gasteiger partial charge in [0.05, 0.1) is 18.6 Å². The van der Waals surface area contributed by atoms with Crippen LogP contribution in [0.1, 0.15) is 11.3 Å². The maximum Gasteiger partial charge on any atom is 0.0946 e. The highest BCUT2D eigenvalue weighted by Crippen LogP contribution is 2.31. The van der Waals surface area contributed by atoms with E-state index in [0.29, 0.717) is 0 Å². The third-order valence-corrected chi connectivity index (χ3v) is 3.54. The monoisotopic (exact) mass is 247 g/mol. The first-order valence-electron chi connectivity index (χ1n) is 5.72. The minimum absolute atomic E-state index is 0.825. The van der Waals surface area contributed by atoms with E-state index in [1.54, 1.807) is 0 Å². The number of halogens is 1. The lowest BCUT2D eigenvalue weighted by Crippen LogP contribution is -2.21. The van der Waals surface area contributed by atoms with Gasteiger partial charge < -0.3 is 9.47 Å². The minimum atomic E-state index is 0.825. The van der Waals surface area contributed by atoms with Crippen LogP contribution in [-0.4, -0.2) is 16.1 Å². The molecule has 0 atom stereocenters. The van der Waals surface area contributed by atoms with E-state index in [2.05, 4.69) is 26.6 Å². The van der Waals surface area contributed by atoms with E-state index < -0.39 is 0 Å². The van der Waals surface area contributed by atoms with Gasteiger partial charge in [-0.3, -0.25) is 0 Å². The first-order valence-corrected chi connectivity index (χ1v) is 6.10. The number of fused-ring (bicyclic) bond motifs is 1. The second-order valence-electron chi connectivity index (χ2n) is 4.44. The van der Waals surface area contributed by atoms with Crippen molar-refractivity contribution in [3.8, 4) is 0 Å². The molecule has 4 heteroatoms. The molecule has 0 spiro atoms. The van der Waals surface area contributed by atoms with E-state index in [1.807, 2.05) is 25.6 Å². The first kappa shape index (κ1) is 10.7. The highest BCUT2D eigenvalue weighted by Gasteiger charge is 2.19. The molecule has 1 aliphatic rings. The number of imidazole rings is 1. The van der Waals surface area contributed by atoms with Crippen LogP contribution in [0.25, 0.3) is 0 Å². The molecular formula is C13H14ClN3. The van der Waals surface area contributed by atoms with Gasteiger partial charge in [0.2, 0.25) is 0 Å². The molecule has 2 aromatic rings. The molecule has 3 nitrogen and oxygen atoms in total. The molecule has 0 amide bonds. The Morgan fingerprint density at radius 2 is 2.29 bits per heavy atom. The van der Waals surface area contributed by atoms with Crippen LogP contribution in [0, 0.1) is 0 Å². The van der Waals surface area contributed by atoms with Gasteiger partial charge in [-0.1, -0.05) is 11.6 Å². The number of aromatic nitrogens is 2. The summed E-state index contributed by atoms with van der Waals surface area (Å²) in [6.07, 6.45) is 4.84. The molecule has 0 N–H and O–H groups in total. The predicted molar refractivity (Wildman–Crippen MR) is 69.4 cm³/mol. The SMILES string of the molecule is Cn1cncc1CN1CCc2cc(Cl)ccc21. The zero-order valence-electron chi connectivity index (χ0n) is 9.73. The average Bonchev–Trinajstić information content (AvgIpc) is 2.87. The fraction of sp³-hybridized carbons (Fsp3) is 0.308. The Labute approximate surface area is 106 Å². The average molecular weight is 248 g/mol. The molecule has 2 heterocycles. The summed E-state index contributed by atoms with van der Waals surface area (Å²) >= 11 is 6.01. The third-order valence-electron chi connectivity index (χ3n) is 3.30. The summed E-state index contributed by atoms with van der Waals surface area (Å²) in [5.74, 6) is 0. The maximum absolute atomic E-state index is 6.01. The lowest BCUT2D eigenvalue weighted by molar-refractivity contribution is 0.758. The summed E-state index contributed by atoms with van der Waals surface area (Å²) in [7, 11) is 2.03. The molecule has 0 unspecified atom stereocenters. The van der Waals surface area contributed by atoms with Crippen molar-refractivity contribution in [2.45, 2.75) is 13.0 Å². The van der Waals surface area contributed by atoms with Crippen molar-refractivity contribution < 1.29 is 0 Å². The van der Waals surface area contributed by atoms with Crippen molar-refractivity contribution in [3.63, 3.8) is 0 Å². The van der Waals surface area contributed by atoms with Crippen LogP contribution in [0.2, 0.25) is 5.02 Å². The normalized spacial score (nSPS) is 14.1. The molecule has 1 aromatic carbocycles. The van der Waals surface area contributed by atoms with Crippen LogP contribution in [0.15, 0.2) is 30.7 Å². The maximum atomic E-state index is 6.01. The molecule has 0 saturated carbocycles. The van der Waals surface area contributed by atoms with Crippen LogP contribution in [0.4, 0.5) is 5.69 Å². The van der Waals surface area contributed by atoms with Gasteiger partial charge in [0.1, 0.15) is 0 Å². The van der Waals surface area contributed by atoms with Crippen LogP contribution in [0.3, 0.4) is 0 Å². The molecule has 3 rings (SSSR count). The van der Waals surface area contributed by atoms with Crippen molar-refractivity contribution in [3.05, 3.63) is 47.0 Å². The number of hydrogen-bond donors (Lipinski definition) is 0. The molecule has 1 aliphatic heterocycles. The van der Waals surface area contributed by atoms with Crippen molar-refractivity contribution in [2.24, 2.45) is 7.05 Å². The summed E-state index contributed by atoms with van der Waals surface area (Å²) < 4.78 is 2.06. The van der Waals surface area contributed by atoms with Crippen molar-refractivity contribution >= 4 is 17.3 Å². The number of rotatable bonds is 2. The highest BCUT2D eigenvalue weighted by atomic mass is 35.5. The van der Waals surface area contributed by atoms with E-state index in [4.69, 9.17) is 11.6 Å². The van der Waals surface area contributed by atoms with E-state index in [-0.39, 0.29) is 0 Å². The Morgan fingerprint density at radius 3 is 3.06 bits per heavy atom. The predicted octanol–water partition coefficient (Wildman–Crippen LogP) is 2.64. The second kappa shape index (κ2) is 4.08. The summed E-state index contributed by atoms with van der Waals surface area (Å²) in [4.78, 5) is 6.53. The van der Waals surface area contributed by atoms with E-state index in [0.717, 1.165) is 24.5 Å². The molecular weight excluding hydrogens is 234 g/mol. The smallest absolute Gasteiger partial charge is 0.0946 e. The molecule has 0 saturated heterocycles. The third kappa shape index (κ3) is 1.91. The van der Waals surface area contributed by atoms with Gasteiger partial charge in [-0.05, 0) is 30.2 Å². The molecule has 17 heavy (non-hydrogen) atoms. The second-order valence-corrected chi connectivity index (χ2v) is 4.88. The number of nitrogens with zero attached hydrogens (tertiary/aromatic N) is 3. The molecule has 0 aliphatic carbocycles. The zero-order chi connectivity index (χ0) is 11.8. The van der Waals surface area contributed by atoms with E-state index in [9.17, 15) is 0 Å². The lowest BCUT2D eigenvalue weighted by atomic mass is 10.2. The number of benzene rings is 1. The van der Waals surface area contributed by atoms with E-state index >= 15 is 0 Å². The van der Waals surface area contributed by atoms with Gasteiger partial charge in [0, 0.05) is 30.5 Å². The van der Waals surface area contributed by atoms with Crippen LogP contribution >= 0.6 is 11.6 Å². The molecule has 1 aromatic heterocycles. The summed E-state index contributed by atoms with van der Waals surface area (Å²) in [5.41, 5.74) is 3.88. The molecule has 0 bridgehead atoms. The fourth-order valence-electron chi connectivity index (χ4n) is 2.34. The summed E-state index contributed by atoms with van der Waals surface area (Å²) in [6.45, 7) is 1.96. The Hall–Kier alpha value is -1.48. The van der Waals surface area contributed by atoms with E-state index in [1.165, 1.54) is 16.9 Å². The molecule has 0 radical (unpaired) electrons. The van der Waals surface area contributed by atoms with Gasteiger partial charge in [-0.25, -0.2) is 4.98 Å². The Bertz CT molecular complexity index is 547. The Morgan fingerprint density at radius 1 is 1.41 bits per heavy atom. The Kier molecular flexibility index (Phi) is 2.56. The zero-order valence-corrected chi connectivity index (χ0v) is 10.5. The summed E-state index contributed by atoms with van der Waals surface area (Å²) in [5, 5.41) is 0.825. The molecule has 0 fully saturated rings. The van der Waals surface area contributed by atoms with Gasteiger partial charge in [0.25, 0.3) is 0 Å². The standard InChI is InChI=1S/C13H14ClN3/c1-16-9-15-7-12(16)8-17-5-4-10-6-11(14)2-3-13(10)17/h2-3,6-7,9H,4-5,8H2,1H3. The minimum Gasteiger partial charge on any atom is -0.365 e. The van der Waals surface area contributed by atoms with Gasteiger partial charge in [0.15, 0.2) is 0 Å². The number of aryl methyl sites for hydroxylation is 1. The highest BCUT2D eigenvalue weighted by molar-refractivity contribution is 6.30. The van der Waals surface area contributed by atoms with Gasteiger partial charge >= 0.3 is 0 Å². The van der Waals surface area contributed by atoms with Crippen LogP contribution < -0.4 is 4.90 Å². The van der Waals surface area contributed by atoms with Crippen molar-refractivity contribution in [2.75, 3.05) is 11.4 Å². The topological polar surface area (TPSA) is 21.1 Å². The van der Waals surface area contributed by atoms with Crippen LogP contribution in [0.5, 0.6) is 0 Å². The van der Waals surface area contributed by atoms with Gasteiger partial charge in [-0.2, -0.15) is 0 Å². The first-order chi connectivity index (χ1) is 8.24. The number of hydrogen-bond acceptors (Lipinski definition) is 2. The van der Waals surface area contributed by atoms with Crippen LogP contribution in [-0.2, 0) is 20.0 Å². The molecule has 88 valence electrons. The van der Waals surface area contributed by atoms with Crippen molar-refractivity contribution in [1.82, 2.24) is 9.55 Å². The largest absolute Gasteiger partial charge is 0.365 e. The van der Waals surface area contributed by atoms with Gasteiger partial charge in [-0.15, -0.1) is 0 Å².